The standard InChI is InChI=1S/C23H27N3O2S/c1-17-15-19(8-9-20(17)28-16-23(2,3)4)26-13-12-25-21(22(26)27)29-14-10-18-7-5-6-11-24-18/h5-9,11-13,15H,10,14,16H2,1-4H3. The van der Waals surface area contributed by atoms with E-state index in [1.54, 1.807) is 23.2 Å². The molecule has 0 amide bonds. The molecular weight excluding hydrogens is 382 g/mol. The van der Waals surface area contributed by atoms with Crippen molar-refractivity contribution in [1.29, 1.82) is 0 Å². The zero-order valence-corrected chi connectivity index (χ0v) is 18.2. The minimum atomic E-state index is -0.110. The van der Waals surface area contributed by atoms with Gasteiger partial charge in [0.2, 0.25) is 0 Å². The lowest BCUT2D eigenvalue weighted by Gasteiger charge is -2.20. The van der Waals surface area contributed by atoms with E-state index in [4.69, 9.17) is 4.74 Å². The molecule has 0 unspecified atom stereocenters. The van der Waals surface area contributed by atoms with Crippen molar-refractivity contribution >= 4 is 11.8 Å². The Hall–Kier alpha value is -2.60. The van der Waals surface area contributed by atoms with Gasteiger partial charge in [0.1, 0.15) is 5.75 Å². The number of benzene rings is 1. The number of aromatic nitrogens is 3. The third kappa shape index (κ3) is 5.94. The number of thioether (sulfide) groups is 1. The molecule has 2 heterocycles. The van der Waals surface area contributed by atoms with Crippen molar-refractivity contribution in [1.82, 2.24) is 14.5 Å². The molecule has 152 valence electrons. The SMILES string of the molecule is Cc1cc(-n2ccnc(SCCc3ccccn3)c2=O)ccc1OCC(C)(C)C. The van der Waals surface area contributed by atoms with Crippen LogP contribution in [0.2, 0.25) is 0 Å². The molecule has 1 aromatic carbocycles. The second-order valence-electron chi connectivity index (χ2n) is 8.13. The van der Waals surface area contributed by atoms with E-state index in [2.05, 4.69) is 30.7 Å². The molecule has 0 aliphatic carbocycles. The van der Waals surface area contributed by atoms with Crippen LogP contribution in [0.5, 0.6) is 5.75 Å². The van der Waals surface area contributed by atoms with Gasteiger partial charge in [0.15, 0.2) is 5.03 Å². The molecule has 6 heteroatoms. The summed E-state index contributed by atoms with van der Waals surface area (Å²) in [6.07, 6.45) is 5.95. The van der Waals surface area contributed by atoms with Gasteiger partial charge < -0.3 is 4.74 Å². The van der Waals surface area contributed by atoms with Crippen molar-refractivity contribution in [2.45, 2.75) is 39.1 Å². The molecule has 0 spiro atoms. The lowest BCUT2D eigenvalue weighted by molar-refractivity contribution is 0.197. The molecule has 0 aliphatic rings. The van der Waals surface area contributed by atoms with Crippen LogP contribution in [0.15, 0.2) is 64.8 Å². The van der Waals surface area contributed by atoms with E-state index in [1.807, 2.05) is 43.3 Å². The van der Waals surface area contributed by atoms with Crippen LogP contribution in [0.1, 0.15) is 32.0 Å². The second kappa shape index (κ2) is 9.27. The molecule has 0 radical (unpaired) electrons. The van der Waals surface area contributed by atoms with Gasteiger partial charge in [0, 0.05) is 35.7 Å². The maximum atomic E-state index is 12.9. The largest absolute Gasteiger partial charge is 0.493 e. The first-order valence-corrected chi connectivity index (χ1v) is 10.7. The fourth-order valence-corrected chi connectivity index (χ4v) is 3.60. The summed E-state index contributed by atoms with van der Waals surface area (Å²) >= 11 is 1.46. The van der Waals surface area contributed by atoms with E-state index < -0.39 is 0 Å². The maximum absolute atomic E-state index is 12.9. The summed E-state index contributed by atoms with van der Waals surface area (Å²) in [5.41, 5.74) is 2.80. The molecule has 3 rings (SSSR count). The molecule has 0 N–H and O–H groups in total. The topological polar surface area (TPSA) is 57.0 Å². The smallest absolute Gasteiger partial charge is 0.287 e. The summed E-state index contributed by atoms with van der Waals surface area (Å²) in [7, 11) is 0. The minimum Gasteiger partial charge on any atom is -0.493 e. The monoisotopic (exact) mass is 409 g/mol. The second-order valence-corrected chi connectivity index (χ2v) is 9.21. The van der Waals surface area contributed by atoms with Crippen molar-refractivity contribution < 1.29 is 4.74 Å². The van der Waals surface area contributed by atoms with Crippen LogP contribution >= 0.6 is 11.8 Å². The first-order valence-electron chi connectivity index (χ1n) is 9.68. The van der Waals surface area contributed by atoms with Crippen molar-refractivity contribution in [3.63, 3.8) is 0 Å². The third-order valence-corrected chi connectivity index (χ3v) is 5.19. The molecule has 29 heavy (non-hydrogen) atoms. The van der Waals surface area contributed by atoms with Crippen molar-refractivity contribution in [3.05, 3.63) is 76.6 Å². The lowest BCUT2D eigenvalue weighted by Crippen LogP contribution is -2.21. The highest BCUT2D eigenvalue weighted by Crippen LogP contribution is 2.24. The van der Waals surface area contributed by atoms with Crippen molar-refractivity contribution in [3.8, 4) is 11.4 Å². The molecular formula is C23H27N3O2S. The summed E-state index contributed by atoms with van der Waals surface area (Å²) in [5.74, 6) is 1.60. The number of ether oxygens (including phenoxy) is 1. The van der Waals surface area contributed by atoms with Crippen LogP contribution in [-0.4, -0.2) is 26.9 Å². The highest BCUT2D eigenvalue weighted by molar-refractivity contribution is 7.99. The number of pyridine rings is 1. The van der Waals surface area contributed by atoms with E-state index in [0.29, 0.717) is 11.6 Å². The van der Waals surface area contributed by atoms with Gasteiger partial charge in [-0.3, -0.25) is 14.3 Å². The molecule has 5 nitrogen and oxygen atoms in total. The predicted molar refractivity (Wildman–Crippen MR) is 118 cm³/mol. The summed E-state index contributed by atoms with van der Waals surface area (Å²) in [5, 5.41) is 0.495. The molecule has 2 aromatic heterocycles. The highest BCUT2D eigenvalue weighted by atomic mass is 32.2. The average Bonchev–Trinajstić information content (AvgIpc) is 2.68. The fraction of sp³-hybridized carbons (Fsp3) is 0.348. The quantitative estimate of drug-likeness (QED) is 0.530. The number of hydrogen-bond acceptors (Lipinski definition) is 5. The van der Waals surface area contributed by atoms with E-state index in [0.717, 1.165) is 34.9 Å². The normalized spacial score (nSPS) is 11.4. The summed E-state index contributed by atoms with van der Waals surface area (Å²) < 4.78 is 7.57. The maximum Gasteiger partial charge on any atom is 0.287 e. The Morgan fingerprint density at radius 2 is 1.93 bits per heavy atom. The summed E-state index contributed by atoms with van der Waals surface area (Å²) in [6, 6.07) is 11.7. The Balaban J connectivity index is 1.73. The van der Waals surface area contributed by atoms with Gasteiger partial charge in [-0.25, -0.2) is 4.98 Å². The third-order valence-electron chi connectivity index (χ3n) is 4.23. The number of nitrogens with zero attached hydrogens (tertiary/aromatic N) is 3. The molecule has 0 fully saturated rings. The van der Waals surface area contributed by atoms with Gasteiger partial charge in [0.25, 0.3) is 5.56 Å². The lowest BCUT2D eigenvalue weighted by atomic mass is 9.98. The Bertz CT molecular complexity index is 1010. The van der Waals surface area contributed by atoms with Gasteiger partial charge in [0.05, 0.1) is 6.61 Å². The van der Waals surface area contributed by atoms with Gasteiger partial charge in [-0.2, -0.15) is 0 Å². The Kier molecular flexibility index (Phi) is 6.75. The van der Waals surface area contributed by atoms with E-state index in [-0.39, 0.29) is 11.0 Å². The van der Waals surface area contributed by atoms with Crippen molar-refractivity contribution in [2.75, 3.05) is 12.4 Å². The Morgan fingerprint density at radius 3 is 2.62 bits per heavy atom. The molecule has 0 saturated carbocycles. The number of hydrogen-bond donors (Lipinski definition) is 0. The van der Waals surface area contributed by atoms with Gasteiger partial charge >= 0.3 is 0 Å². The first kappa shape index (κ1) is 21.1. The minimum absolute atomic E-state index is 0.0918. The van der Waals surface area contributed by atoms with Gasteiger partial charge in [-0.15, -0.1) is 11.8 Å². The van der Waals surface area contributed by atoms with Crippen LogP contribution in [-0.2, 0) is 6.42 Å². The Labute approximate surface area is 176 Å². The average molecular weight is 410 g/mol. The molecule has 3 aromatic rings. The molecule has 0 atom stereocenters. The highest BCUT2D eigenvalue weighted by Gasteiger charge is 2.13. The first-order chi connectivity index (χ1) is 13.8. The fourth-order valence-electron chi connectivity index (χ4n) is 2.73. The van der Waals surface area contributed by atoms with Crippen molar-refractivity contribution in [2.24, 2.45) is 5.41 Å². The van der Waals surface area contributed by atoms with E-state index >= 15 is 0 Å². The number of rotatable bonds is 7. The van der Waals surface area contributed by atoms with Gasteiger partial charge in [-0.1, -0.05) is 26.8 Å². The van der Waals surface area contributed by atoms with E-state index in [9.17, 15) is 4.79 Å². The zero-order valence-electron chi connectivity index (χ0n) is 17.4. The van der Waals surface area contributed by atoms with Crippen LogP contribution in [0, 0.1) is 12.3 Å². The van der Waals surface area contributed by atoms with Gasteiger partial charge in [-0.05, 0) is 54.7 Å². The zero-order chi connectivity index (χ0) is 20.9. The number of aryl methyl sites for hydroxylation is 2. The molecule has 0 bridgehead atoms. The van der Waals surface area contributed by atoms with Crippen LogP contribution in [0.4, 0.5) is 0 Å². The van der Waals surface area contributed by atoms with Crippen LogP contribution in [0.25, 0.3) is 5.69 Å². The van der Waals surface area contributed by atoms with Crippen LogP contribution < -0.4 is 10.3 Å². The summed E-state index contributed by atoms with van der Waals surface area (Å²) in [4.78, 5) is 21.5. The molecule has 0 saturated heterocycles. The summed E-state index contributed by atoms with van der Waals surface area (Å²) in [6.45, 7) is 9.05. The molecule has 0 aliphatic heterocycles. The van der Waals surface area contributed by atoms with Crippen LogP contribution in [0.3, 0.4) is 0 Å². The Morgan fingerprint density at radius 1 is 1.10 bits per heavy atom. The van der Waals surface area contributed by atoms with E-state index in [1.165, 1.54) is 11.8 Å². The predicted octanol–water partition coefficient (Wildman–Crippen LogP) is 4.70.